The third-order valence-corrected chi connectivity index (χ3v) is 4.64. The standard InChI is InChI=1S/C20H22FNO2/c21-17-10-6-9-16(13-17)19(15-7-2-1-3-8-15)22-18(23)14-20(24)11-4-5-12-20/h1-3,6-10,13,19,24H,4-5,11-12,14H2,(H,22,23). The fourth-order valence-corrected chi connectivity index (χ4v) is 3.41. The Kier molecular flexibility index (Phi) is 4.95. The summed E-state index contributed by atoms with van der Waals surface area (Å²) in [5.41, 5.74) is 0.676. The van der Waals surface area contributed by atoms with Crippen molar-refractivity contribution in [2.75, 3.05) is 0 Å². The van der Waals surface area contributed by atoms with Gasteiger partial charge in [-0.1, -0.05) is 55.3 Å². The monoisotopic (exact) mass is 327 g/mol. The molecule has 1 unspecified atom stereocenters. The minimum absolute atomic E-state index is 0.0889. The molecule has 3 nitrogen and oxygen atoms in total. The van der Waals surface area contributed by atoms with Gasteiger partial charge < -0.3 is 10.4 Å². The van der Waals surface area contributed by atoms with E-state index in [2.05, 4.69) is 5.32 Å². The summed E-state index contributed by atoms with van der Waals surface area (Å²) in [5, 5.41) is 13.4. The molecule has 1 saturated carbocycles. The van der Waals surface area contributed by atoms with E-state index >= 15 is 0 Å². The maximum atomic E-state index is 13.6. The molecule has 1 aliphatic rings. The van der Waals surface area contributed by atoms with Gasteiger partial charge in [0, 0.05) is 0 Å². The van der Waals surface area contributed by atoms with Crippen molar-refractivity contribution >= 4 is 5.91 Å². The van der Waals surface area contributed by atoms with Gasteiger partial charge in [0.25, 0.3) is 0 Å². The Labute approximate surface area is 141 Å². The first kappa shape index (κ1) is 16.7. The number of carbonyl (C=O) groups is 1. The average Bonchev–Trinajstić information content (AvgIpc) is 2.99. The van der Waals surface area contributed by atoms with E-state index in [1.807, 2.05) is 30.3 Å². The van der Waals surface area contributed by atoms with Gasteiger partial charge in [-0.2, -0.15) is 0 Å². The molecule has 0 heterocycles. The first-order valence-electron chi connectivity index (χ1n) is 8.38. The molecule has 1 amide bonds. The first-order chi connectivity index (χ1) is 11.6. The van der Waals surface area contributed by atoms with Crippen LogP contribution in [0, 0.1) is 5.82 Å². The maximum Gasteiger partial charge on any atom is 0.223 e. The van der Waals surface area contributed by atoms with E-state index in [4.69, 9.17) is 0 Å². The molecule has 0 spiro atoms. The molecule has 2 N–H and O–H groups in total. The Morgan fingerprint density at radius 3 is 2.42 bits per heavy atom. The number of halogens is 1. The maximum absolute atomic E-state index is 13.6. The summed E-state index contributed by atoms with van der Waals surface area (Å²) >= 11 is 0. The second-order valence-electron chi connectivity index (χ2n) is 6.57. The van der Waals surface area contributed by atoms with Crippen LogP contribution in [0.15, 0.2) is 54.6 Å². The molecule has 0 aliphatic heterocycles. The van der Waals surface area contributed by atoms with Crippen LogP contribution >= 0.6 is 0 Å². The van der Waals surface area contributed by atoms with E-state index in [1.165, 1.54) is 12.1 Å². The number of rotatable bonds is 5. The van der Waals surface area contributed by atoms with Crippen LogP contribution in [0.2, 0.25) is 0 Å². The molecule has 1 fully saturated rings. The number of hydrogen-bond donors (Lipinski definition) is 2. The van der Waals surface area contributed by atoms with Crippen LogP contribution in [0.25, 0.3) is 0 Å². The Balaban J connectivity index is 1.81. The van der Waals surface area contributed by atoms with E-state index in [9.17, 15) is 14.3 Å². The van der Waals surface area contributed by atoms with Crippen molar-refractivity contribution in [2.45, 2.75) is 43.7 Å². The lowest BCUT2D eigenvalue weighted by molar-refractivity contribution is -0.126. The molecule has 2 aromatic rings. The lowest BCUT2D eigenvalue weighted by Gasteiger charge is -2.25. The topological polar surface area (TPSA) is 49.3 Å². The van der Waals surface area contributed by atoms with Gasteiger partial charge in [-0.05, 0) is 36.1 Å². The zero-order chi connectivity index (χ0) is 17.0. The second kappa shape index (κ2) is 7.14. The predicted molar refractivity (Wildman–Crippen MR) is 90.9 cm³/mol. The number of aliphatic hydroxyl groups is 1. The van der Waals surface area contributed by atoms with E-state index in [-0.39, 0.29) is 18.1 Å². The van der Waals surface area contributed by atoms with Gasteiger partial charge in [0.1, 0.15) is 5.82 Å². The molecule has 3 rings (SSSR count). The van der Waals surface area contributed by atoms with Gasteiger partial charge in [-0.15, -0.1) is 0 Å². The molecule has 0 saturated heterocycles. The highest BCUT2D eigenvalue weighted by molar-refractivity contribution is 5.78. The number of amides is 1. The van der Waals surface area contributed by atoms with Gasteiger partial charge in [0.05, 0.1) is 18.1 Å². The van der Waals surface area contributed by atoms with Gasteiger partial charge in [0.15, 0.2) is 0 Å². The minimum Gasteiger partial charge on any atom is -0.389 e. The Morgan fingerprint density at radius 2 is 1.75 bits per heavy atom. The average molecular weight is 327 g/mol. The van der Waals surface area contributed by atoms with Crippen molar-refractivity contribution in [1.29, 1.82) is 0 Å². The molecule has 1 aliphatic carbocycles. The fraction of sp³-hybridized carbons (Fsp3) is 0.350. The number of nitrogens with one attached hydrogen (secondary N) is 1. The van der Waals surface area contributed by atoms with Crippen LogP contribution in [0.3, 0.4) is 0 Å². The fourth-order valence-electron chi connectivity index (χ4n) is 3.41. The summed E-state index contributed by atoms with van der Waals surface area (Å²) in [4.78, 5) is 12.5. The number of benzene rings is 2. The van der Waals surface area contributed by atoms with E-state index in [0.29, 0.717) is 18.4 Å². The van der Waals surface area contributed by atoms with Crippen LogP contribution in [-0.2, 0) is 4.79 Å². The summed E-state index contributed by atoms with van der Waals surface area (Å²) in [7, 11) is 0. The number of hydrogen-bond acceptors (Lipinski definition) is 2. The summed E-state index contributed by atoms with van der Waals surface area (Å²) in [6.07, 6.45) is 3.32. The van der Waals surface area contributed by atoms with Gasteiger partial charge in [-0.3, -0.25) is 4.79 Å². The molecule has 1 atom stereocenters. The third-order valence-electron chi connectivity index (χ3n) is 4.64. The van der Waals surface area contributed by atoms with E-state index < -0.39 is 11.6 Å². The smallest absolute Gasteiger partial charge is 0.223 e. The lowest BCUT2D eigenvalue weighted by atomic mass is 9.95. The highest BCUT2D eigenvalue weighted by Crippen LogP contribution is 2.32. The van der Waals surface area contributed by atoms with E-state index in [0.717, 1.165) is 18.4 Å². The molecular formula is C20H22FNO2. The van der Waals surface area contributed by atoms with Gasteiger partial charge in [0.2, 0.25) is 5.91 Å². The van der Waals surface area contributed by atoms with Crippen LogP contribution in [0.4, 0.5) is 4.39 Å². The molecular weight excluding hydrogens is 305 g/mol. The molecule has 2 aromatic carbocycles. The molecule has 4 heteroatoms. The van der Waals surface area contributed by atoms with Crippen molar-refractivity contribution in [3.05, 3.63) is 71.5 Å². The van der Waals surface area contributed by atoms with Crippen molar-refractivity contribution in [3.8, 4) is 0 Å². The molecule has 0 bridgehead atoms. The van der Waals surface area contributed by atoms with Gasteiger partial charge in [-0.25, -0.2) is 4.39 Å². The Morgan fingerprint density at radius 1 is 1.08 bits per heavy atom. The Bertz CT molecular complexity index is 696. The molecule has 0 radical (unpaired) electrons. The van der Waals surface area contributed by atoms with Crippen molar-refractivity contribution in [2.24, 2.45) is 0 Å². The normalized spacial score (nSPS) is 17.4. The highest BCUT2D eigenvalue weighted by Gasteiger charge is 2.34. The summed E-state index contributed by atoms with van der Waals surface area (Å²) in [6, 6.07) is 15.3. The zero-order valence-corrected chi connectivity index (χ0v) is 13.5. The van der Waals surface area contributed by atoms with Crippen molar-refractivity contribution < 1.29 is 14.3 Å². The lowest BCUT2D eigenvalue weighted by Crippen LogP contribution is -2.36. The largest absolute Gasteiger partial charge is 0.389 e. The molecule has 0 aromatic heterocycles. The quantitative estimate of drug-likeness (QED) is 0.879. The number of carbonyl (C=O) groups excluding carboxylic acids is 1. The molecule has 126 valence electrons. The van der Waals surface area contributed by atoms with Crippen LogP contribution < -0.4 is 5.32 Å². The highest BCUT2D eigenvalue weighted by atomic mass is 19.1. The first-order valence-corrected chi connectivity index (χ1v) is 8.38. The van der Waals surface area contributed by atoms with Crippen molar-refractivity contribution in [3.63, 3.8) is 0 Å². The van der Waals surface area contributed by atoms with Crippen molar-refractivity contribution in [1.82, 2.24) is 5.32 Å². The summed E-state index contributed by atoms with van der Waals surface area (Å²) in [6.45, 7) is 0. The zero-order valence-electron chi connectivity index (χ0n) is 13.5. The van der Waals surface area contributed by atoms with Crippen LogP contribution in [0.1, 0.15) is 49.3 Å². The van der Waals surface area contributed by atoms with E-state index in [1.54, 1.807) is 12.1 Å². The Hall–Kier alpha value is -2.20. The van der Waals surface area contributed by atoms with Crippen LogP contribution in [-0.4, -0.2) is 16.6 Å². The minimum atomic E-state index is -0.896. The second-order valence-corrected chi connectivity index (χ2v) is 6.57. The molecule has 24 heavy (non-hydrogen) atoms. The summed E-state index contributed by atoms with van der Waals surface area (Å²) in [5.74, 6) is -0.547. The van der Waals surface area contributed by atoms with Crippen LogP contribution in [0.5, 0.6) is 0 Å². The summed E-state index contributed by atoms with van der Waals surface area (Å²) < 4.78 is 13.6. The SMILES string of the molecule is O=C(CC1(O)CCCC1)NC(c1ccccc1)c1cccc(F)c1. The predicted octanol–water partition coefficient (Wildman–Crippen LogP) is 3.73. The third kappa shape index (κ3) is 4.01. The van der Waals surface area contributed by atoms with Gasteiger partial charge >= 0.3 is 0 Å².